The summed E-state index contributed by atoms with van der Waals surface area (Å²) in [5, 5.41) is 8.42. The second kappa shape index (κ2) is 8.06. The molecule has 0 fully saturated rings. The topological polar surface area (TPSA) is 96.2 Å². The normalized spacial score (nSPS) is 14.2. The van der Waals surface area contributed by atoms with E-state index in [-0.39, 0.29) is 11.9 Å². The first-order valence-corrected chi connectivity index (χ1v) is 5.50. The molecule has 0 aromatic rings. The first-order valence-electron chi connectivity index (χ1n) is 5.50. The Hall–Kier alpha value is -1.14. The molecule has 0 saturated carbocycles. The molecule has 0 heterocycles. The third kappa shape index (κ3) is 5.67. The van der Waals surface area contributed by atoms with Crippen LogP contribution in [0, 0.1) is 0 Å². The van der Waals surface area contributed by atoms with Gasteiger partial charge in [-0.3, -0.25) is 9.59 Å². The summed E-state index contributed by atoms with van der Waals surface area (Å²) in [4.78, 5) is 22.6. The van der Waals surface area contributed by atoms with E-state index in [9.17, 15) is 9.59 Å². The number of nitrogens with one attached hydrogen (secondary N) is 3. The van der Waals surface area contributed by atoms with Gasteiger partial charge in [-0.1, -0.05) is 6.92 Å². The number of nitrogens with two attached hydrogens (primary N) is 1. The van der Waals surface area contributed by atoms with Crippen LogP contribution in [0.3, 0.4) is 0 Å². The molecule has 2 unspecified atom stereocenters. The highest BCUT2D eigenvalue weighted by molar-refractivity contribution is 5.88. The number of amides is 2. The van der Waals surface area contributed by atoms with Crippen molar-refractivity contribution in [1.29, 1.82) is 0 Å². The lowest BCUT2D eigenvalue weighted by atomic mass is 10.2. The van der Waals surface area contributed by atoms with E-state index in [0.717, 1.165) is 13.0 Å². The van der Waals surface area contributed by atoms with Crippen molar-refractivity contribution < 1.29 is 9.59 Å². The van der Waals surface area contributed by atoms with Gasteiger partial charge in [-0.25, -0.2) is 0 Å². The van der Waals surface area contributed by atoms with E-state index in [2.05, 4.69) is 16.0 Å². The minimum Gasteiger partial charge on any atom is -0.368 e. The van der Waals surface area contributed by atoms with Gasteiger partial charge in [0.1, 0.15) is 6.04 Å². The van der Waals surface area contributed by atoms with E-state index < -0.39 is 11.9 Å². The van der Waals surface area contributed by atoms with Gasteiger partial charge in [0.25, 0.3) is 0 Å². The van der Waals surface area contributed by atoms with Gasteiger partial charge in [-0.05, 0) is 26.9 Å². The standard InChI is InChI=1S/C10H22N4O2/c1-4-5-13-6-8(9(11)15)14-10(16)7(2)12-3/h7-8,12-13H,4-6H2,1-3H3,(H2,11,15)(H,14,16). The number of carbonyl (C=O) groups excluding carboxylic acids is 2. The highest BCUT2D eigenvalue weighted by Crippen LogP contribution is 1.86. The molecule has 94 valence electrons. The van der Waals surface area contributed by atoms with Crippen molar-refractivity contribution in [3.8, 4) is 0 Å². The first-order chi connectivity index (χ1) is 7.52. The van der Waals surface area contributed by atoms with Crippen LogP contribution in [0.2, 0.25) is 0 Å². The van der Waals surface area contributed by atoms with Crippen molar-refractivity contribution in [2.24, 2.45) is 5.73 Å². The van der Waals surface area contributed by atoms with Crippen LogP contribution in [0.1, 0.15) is 20.3 Å². The van der Waals surface area contributed by atoms with E-state index in [1.807, 2.05) is 6.92 Å². The minimum absolute atomic E-state index is 0.232. The number of primary amides is 1. The van der Waals surface area contributed by atoms with Crippen molar-refractivity contribution >= 4 is 11.8 Å². The molecular formula is C10H22N4O2. The molecule has 0 aliphatic heterocycles. The zero-order valence-electron chi connectivity index (χ0n) is 10.2. The molecule has 0 saturated heterocycles. The minimum atomic E-state index is -0.658. The van der Waals surface area contributed by atoms with Crippen LogP contribution in [-0.2, 0) is 9.59 Å². The van der Waals surface area contributed by atoms with Crippen molar-refractivity contribution in [2.45, 2.75) is 32.4 Å². The first kappa shape index (κ1) is 14.9. The molecular weight excluding hydrogens is 208 g/mol. The van der Waals surface area contributed by atoms with E-state index in [4.69, 9.17) is 5.73 Å². The monoisotopic (exact) mass is 230 g/mol. The molecule has 0 bridgehead atoms. The number of rotatable bonds is 8. The quantitative estimate of drug-likeness (QED) is 0.384. The molecule has 6 heteroatoms. The molecule has 6 nitrogen and oxygen atoms in total. The number of likely N-dealkylation sites (N-methyl/N-ethyl adjacent to an activating group) is 1. The molecule has 0 aliphatic rings. The van der Waals surface area contributed by atoms with E-state index in [1.165, 1.54) is 0 Å². The maximum atomic E-state index is 11.5. The Morgan fingerprint density at radius 3 is 2.44 bits per heavy atom. The average molecular weight is 230 g/mol. The largest absolute Gasteiger partial charge is 0.368 e. The molecule has 16 heavy (non-hydrogen) atoms. The van der Waals surface area contributed by atoms with Gasteiger partial charge in [0.2, 0.25) is 11.8 Å². The highest BCUT2D eigenvalue weighted by atomic mass is 16.2. The van der Waals surface area contributed by atoms with Crippen molar-refractivity contribution in [2.75, 3.05) is 20.1 Å². The Balaban J connectivity index is 4.12. The van der Waals surface area contributed by atoms with Crippen LogP contribution in [0.25, 0.3) is 0 Å². The molecule has 0 aromatic heterocycles. The van der Waals surface area contributed by atoms with E-state index in [1.54, 1.807) is 14.0 Å². The van der Waals surface area contributed by atoms with Gasteiger partial charge in [0.05, 0.1) is 6.04 Å². The Morgan fingerprint density at radius 2 is 2.00 bits per heavy atom. The molecule has 0 rings (SSSR count). The smallest absolute Gasteiger partial charge is 0.241 e. The fourth-order valence-corrected chi connectivity index (χ4v) is 1.07. The van der Waals surface area contributed by atoms with Gasteiger partial charge in [0.15, 0.2) is 0 Å². The zero-order valence-corrected chi connectivity index (χ0v) is 10.2. The lowest BCUT2D eigenvalue weighted by molar-refractivity contribution is -0.128. The predicted molar refractivity (Wildman–Crippen MR) is 62.8 cm³/mol. The molecule has 2 atom stereocenters. The van der Waals surface area contributed by atoms with Gasteiger partial charge in [0, 0.05) is 6.54 Å². The summed E-state index contributed by atoms with van der Waals surface area (Å²) in [6.45, 7) is 4.90. The molecule has 2 amide bonds. The third-order valence-corrected chi connectivity index (χ3v) is 2.26. The Kier molecular flexibility index (Phi) is 7.49. The third-order valence-electron chi connectivity index (χ3n) is 2.26. The highest BCUT2D eigenvalue weighted by Gasteiger charge is 2.19. The van der Waals surface area contributed by atoms with Crippen LogP contribution in [0.5, 0.6) is 0 Å². The second-order valence-electron chi connectivity index (χ2n) is 3.68. The summed E-state index contributed by atoms with van der Waals surface area (Å²) < 4.78 is 0. The molecule has 5 N–H and O–H groups in total. The lowest BCUT2D eigenvalue weighted by Gasteiger charge is -2.18. The van der Waals surface area contributed by atoms with Crippen molar-refractivity contribution in [3.63, 3.8) is 0 Å². The second-order valence-corrected chi connectivity index (χ2v) is 3.68. The van der Waals surface area contributed by atoms with Crippen LogP contribution in [0.4, 0.5) is 0 Å². The molecule has 0 spiro atoms. The van der Waals surface area contributed by atoms with Gasteiger partial charge in [-0.15, -0.1) is 0 Å². The van der Waals surface area contributed by atoms with Crippen LogP contribution >= 0.6 is 0 Å². The van der Waals surface area contributed by atoms with Crippen molar-refractivity contribution in [1.82, 2.24) is 16.0 Å². The summed E-state index contributed by atoms with van der Waals surface area (Å²) in [7, 11) is 1.68. The predicted octanol–water partition coefficient (Wildman–Crippen LogP) is -1.44. The van der Waals surface area contributed by atoms with Gasteiger partial charge < -0.3 is 21.7 Å². The average Bonchev–Trinajstić information content (AvgIpc) is 2.26. The summed E-state index contributed by atoms with van der Waals surface area (Å²) in [5.41, 5.74) is 5.19. The zero-order chi connectivity index (χ0) is 12.6. The summed E-state index contributed by atoms with van der Waals surface area (Å²) in [6.07, 6.45) is 0.965. The Bertz CT molecular complexity index is 233. The fraction of sp³-hybridized carbons (Fsp3) is 0.800. The maximum absolute atomic E-state index is 11.5. The van der Waals surface area contributed by atoms with Crippen molar-refractivity contribution in [3.05, 3.63) is 0 Å². The molecule has 0 radical (unpaired) electrons. The summed E-state index contributed by atoms with van der Waals surface area (Å²) >= 11 is 0. The number of carbonyl (C=O) groups is 2. The lowest BCUT2D eigenvalue weighted by Crippen LogP contribution is -2.54. The van der Waals surface area contributed by atoms with Gasteiger partial charge in [-0.2, -0.15) is 0 Å². The van der Waals surface area contributed by atoms with Crippen LogP contribution < -0.4 is 21.7 Å². The maximum Gasteiger partial charge on any atom is 0.241 e. The summed E-state index contributed by atoms with van der Waals surface area (Å²) in [6, 6.07) is -0.997. The Morgan fingerprint density at radius 1 is 1.38 bits per heavy atom. The Labute approximate surface area is 96.3 Å². The van der Waals surface area contributed by atoms with Crippen LogP contribution in [0.15, 0.2) is 0 Å². The van der Waals surface area contributed by atoms with Crippen LogP contribution in [-0.4, -0.2) is 44.0 Å². The number of hydrogen-bond donors (Lipinski definition) is 4. The van der Waals surface area contributed by atoms with Gasteiger partial charge >= 0.3 is 0 Å². The SMILES string of the molecule is CCCNCC(NC(=O)C(C)NC)C(N)=O. The fourth-order valence-electron chi connectivity index (χ4n) is 1.07. The molecule has 0 aliphatic carbocycles. The van der Waals surface area contributed by atoms with E-state index in [0.29, 0.717) is 6.54 Å². The number of hydrogen-bond acceptors (Lipinski definition) is 4. The molecule has 0 aromatic carbocycles. The summed E-state index contributed by atoms with van der Waals surface area (Å²) in [5.74, 6) is -0.759. The van der Waals surface area contributed by atoms with E-state index >= 15 is 0 Å².